The van der Waals surface area contributed by atoms with Crippen LogP contribution in [-0.2, 0) is 80.1 Å². The molecule has 0 amide bonds. The summed E-state index contributed by atoms with van der Waals surface area (Å²) >= 11 is -3.97. The summed E-state index contributed by atoms with van der Waals surface area (Å²) in [5, 5.41) is 475. The van der Waals surface area contributed by atoms with Gasteiger partial charge in [-0.25, -0.2) is 25.3 Å². The van der Waals surface area contributed by atoms with Crippen LogP contribution in [0.2, 0.25) is 30.9 Å². The van der Waals surface area contributed by atoms with Crippen LogP contribution in [0.3, 0.4) is 0 Å². The van der Waals surface area contributed by atoms with Crippen LogP contribution in [-0.4, -0.2) is 752 Å². The van der Waals surface area contributed by atoms with Crippen LogP contribution in [0.4, 0.5) is 0 Å². The molecule has 6 rings (SSSR count). The molecular formula is C72H146Cl2N2O66S6Se2-2. The van der Waals surface area contributed by atoms with Crippen LogP contribution in [0.15, 0.2) is 0 Å². The first-order chi connectivity index (χ1) is 68.2. The fraction of sp³-hybridized carbons (Fsp3) is 1.00. The van der Waals surface area contributed by atoms with E-state index < -0.39 is 459 Å². The molecule has 6 aliphatic rings. The molecule has 4 unspecified atom stereocenters. The van der Waals surface area contributed by atoms with Gasteiger partial charge in [-0.1, -0.05) is 0 Å². The zero-order valence-corrected chi connectivity index (χ0v) is 88.3. The second-order valence-electron chi connectivity index (χ2n) is 34.8. The molecule has 50 N–H and O–H groups in total. The third-order valence-corrected chi connectivity index (χ3v) is 43.4. The van der Waals surface area contributed by atoms with Gasteiger partial charge < -0.3 is 207 Å². The molecule has 6 saturated heterocycles. The van der Waals surface area contributed by atoms with Crippen molar-refractivity contribution in [3.63, 3.8) is 0 Å². The Morgan fingerprint density at radius 3 is 0.727 bits per heavy atom. The van der Waals surface area contributed by atoms with Crippen LogP contribution >= 0.6 is 0 Å². The number of hydrogen-bond acceptors (Lipinski definition) is 68. The van der Waals surface area contributed by atoms with E-state index in [1.807, 2.05) is 0 Å². The van der Waals surface area contributed by atoms with Gasteiger partial charge in [-0.2, -0.15) is 0 Å². The SMILES string of the molecule is O=S(=O)([O-])O[C@@H]([C@H](O)[C@@H](O)[C@@H](O)CO)[C@H](O)C[S+]1C[C@@H](O)[C@H](O)[C@H]1CO.O=S(=O)([O-])O[C@@H]([C@H](O)[C@@H](O)[C@H](O)CO)[C@H](O)C[S+]1C[C@@H](O)[C@H](O)[C@H]1CO.O=S(=O)([O-])O[C@@H]([C@H](O)[C@H](O)[C@@H](O)CO)[C@H](O)CN1C[C@@H](O)[C@H](O)[C@H]1CO.O=S(=O)([O-])O[C@@H]([C@H](O)[C@H](O)[C@@H](O)CO)[C@H](O)C[Se+]1C[C@@H](O)[C@H](O)[C@H]1CO.OC[C@@H]1[C@@H](O)[C@H](O)CN1C[C@@H](O)[C@@H](O)[C@H](O)[C@H](O)[C@@H](O)CO.OC[C@@H]1[C@@H](O)[C@H](O)C[Se+]1C[C@@H](O)[C@@H](O)[C@H](O)[C@H](O)[C@@H](O)CO.[Cl-].[Cl-]. The second kappa shape index (κ2) is 71.0. The molecule has 78 heteroatoms. The third kappa shape index (κ3) is 47.1. The van der Waals surface area contributed by atoms with Gasteiger partial charge in [0.25, 0.3) is 0 Å². The minimum atomic E-state index is -5.45. The maximum atomic E-state index is 10.9. The fourth-order valence-corrected chi connectivity index (χ4v) is 34.2. The van der Waals surface area contributed by atoms with Crippen LogP contribution in [0, 0.1) is 0 Å². The van der Waals surface area contributed by atoms with E-state index in [0.29, 0.717) is 0 Å². The Bertz CT molecular complexity index is 3660. The van der Waals surface area contributed by atoms with Crippen molar-refractivity contribution >= 4 is 91.2 Å². The number of hydrogen-bond donors (Lipinski definition) is 50. The quantitative estimate of drug-likeness (QED) is 0.0116. The van der Waals surface area contributed by atoms with Crippen molar-refractivity contribution in [3.8, 4) is 0 Å². The molecule has 6 fully saturated rings. The first-order valence-corrected chi connectivity index (χ1v) is 59.5. The van der Waals surface area contributed by atoms with E-state index in [1.165, 1.54) is 4.90 Å². The number of nitrogens with zero attached hydrogens (tertiary/aromatic N) is 2. The zero-order chi connectivity index (χ0) is 115. The summed E-state index contributed by atoms with van der Waals surface area (Å²) in [6, 6.07) is -1.85. The number of aliphatic hydroxyl groups is 50. The monoisotopic (exact) mass is 2520 g/mol. The average molecular weight is 2520 g/mol. The standard InChI is InChI=1S/C12H25NO12S.C12H25NO9.2C12H24O12S2.C12H24O12SSe.C12H25O9Se.2ClH/c14-3-5-9(19)6(16)1-13(5)2-7(17)12(25-26(22,23)24)11(21)10(20)8(18)4-15;14-3-5-9(19)6(16)1-13(5)2-7(17)10(20)12(22)11(21)8(18)4-15;2*13-1-5(15)10(19)11(20)12(24-26(21,22)23)7(17)4-25-3-6(16)9(18)8(25)2-14;13-1-5(15)10(19)11(20)12(24-25(21,22)23)7(17)4-26-3-6(16)9(18)8(26)2-14;13-1-5(15)10(19)12(21)11(20)7(17)4-22-3-6(16)9(18)8(22)2-14;;/h5-12,14-21H,1-4H2,(H,22,23,24);5-12,14-22H,1-4H2;3*5-20H,1-4H2;5-21H,1-4H2;2*1H/q;;;;;+1;;/p-3/t5-,6-,7-,8+,9-,10-,11-,12-;5-,6-,7-,8+,9-,10-,11-,12+;5-,6+,7+,8+,9-,10-,11+,12+,25?;5-,6-,7-,8-,9+,10+,11-,12-,25?;5-,6+,7+,8+,9-,10+,11+,12+,26?;5-,6+,7+,8+,9-,10+,11+,12+,22?;;/m110100../s1. The number of rotatable bonds is 56. The largest absolute Gasteiger partial charge is 1.00 e. The van der Waals surface area contributed by atoms with Crippen LogP contribution in [0.1, 0.15) is 0 Å². The molecule has 6 heterocycles. The first-order valence-electron chi connectivity index (χ1n) is 44.0. The van der Waals surface area contributed by atoms with E-state index in [2.05, 4.69) is 16.7 Å². The molecule has 150 heavy (non-hydrogen) atoms. The number of halogens is 2. The van der Waals surface area contributed by atoms with Crippen molar-refractivity contribution in [2.75, 3.05) is 128 Å². The Morgan fingerprint density at radius 1 is 0.260 bits per heavy atom. The summed E-state index contributed by atoms with van der Waals surface area (Å²) in [5.41, 5.74) is 0. The molecule has 0 saturated carbocycles. The Morgan fingerprint density at radius 2 is 0.487 bits per heavy atom. The van der Waals surface area contributed by atoms with E-state index in [-0.39, 0.29) is 95.3 Å². The third-order valence-electron chi connectivity index (χ3n) is 24.0. The van der Waals surface area contributed by atoms with Gasteiger partial charge in [-0.05, 0) is 0 Å². The summed E-state index contributed by atoms with van der Waals surface area (Å²) in [6.45, 7) is -9.79. The number of aliphatic hydroxyl groups excluding tert-OH is 50. The molecule has 0 aromatic carbocycles. The normalized spacial score (nSPS) is 32.5. The molecule has 52 atom stereocenters. The van der Waals surface area contributed by atoms with Crippen molar-refractivity contribution < 1.29 is 349 Å². The molecule has 0 aromatic heterocycles. The molecule has 0 aromatic rings. The van der Waals surface area contributed by atoms with Gasteiger partial charge in [0.05, 0.1) is 102 Å². The van der Waals surface area contributed by atoms with E-state index >= 15 is 0 Å². The zero-order valence-electron chi connectivity index (χ0n) is 78.5. The Hall–Kier alpha value is -0.281. The molecule has 904 valence electrons. The fourth-order valence-electron chi connectivity index (χ4n) is 15.5. The summed E-state index contributed by atoms with van der Waals surface area (Å²) in [4.78, 5) is 1.23. The first kappa shape index (κ1) is 152. The molecule has 68 nitrogen and oxygen atoms in total. The molecule has 0 bridgehead atoms. The molecule has 0 radical (unpaired) electrons. The Labute approximate surface area is 882 Å². The van der Waals surface area contributed by atoms with Gasteiger partial charge in [0, 0.05) is 48.0 Å². The van der Waals surface area contributed by atoms with E-state index in [0.717, 1.165) is 4.90 Å². The molecular weight excluding hydrogens is 2370 g/mol. The van der Waals surface area contributed by atoms with Crippen molar-refractivity contribution in [1.29, 1.82) is 0 Å². The van der Waals surface area contributed by atoms with Gasteiger partial charge in [-0.3, -0.25) is 22.3 Å². The predicted molar refractivity (Wildman–Crippen MR) is 482 cm³/mol. The smallest absolute Gasteiger partial charge is 1.00 e. The van der Waals surface area contributed by atoms with Gasteiger partial charge in [-0.15, -0.1) is 0 Å². The maximum Gasteiger partial charge on any atom is -1.00 e. The van der Waals surface area contributed by atoms with Crippen molar-refractivity contribution in [3.05, 3.63) is 0 Å². The van der Waals surface area contributed by atoms with E-state index in [4.69, 9.17) is 30.6 Å². The van der Waals surface area contributed by atoms with Crippen molar-refractivity contribution in [2.45, 2.75) is 310 Å². The van der Waals surface area contributed by atoms with Crippen molar-refractivity contribution in [2.24, 2.45) is 0 Å². The summed E-state index contributed by atoms with van der Waals surface area (Å²) < 4.78 is 147. The minimum Gasteiger partial charge on any atom is -1.00 e. The number of β-amino-alcohol motifs (C(OH)–C–C–N with tert-alkyl or cyclic N) is 4. The van der Waals surface area contributed by atoms with Gasteiger partial charge >= 0.3 is 285 Å². The molecule has 0 aliphatic carbocycles. The Kier molecular flexibility index (Phi) is 71.9. The van der Waals surface area contributed by atoms with Gasteiger partial charge in [0.1, 0.15) is 157 Å². The maximum absolute atomic E-state index is 10.9. The second-order valence-corrected chi connectivity index (χ2v) is 53.3. The summed E-state index contributed by atoms with van der Waals surface area (Å²) in [6.07, 6.45) is -73.3. The van der Waals surface area contributed by atoms with Gasteiger partial charge in [0.2, 0.25) is 31.2 Å². The molecule has 0 spiro atoms. The van der Waals surface area contributed by atoms with E-state index in [9.17, 15) is 277 Å². The predicted octanol–water partition coefficient (Wildman–Crippen LogP) is -39.9. The van der Waals surface area contributed by atoms with E-state index in [1.54, 1.807) is 0 Å². The minimum absolute atomic E-state index is 0. The summed E-state index contributed by atoms with van der Waals surface area (Å²) in [5.74, 6) is -0.812. The Balaban J connectivity index is 0. The summed E-state index contributed by atoms with van der Waals surface area (Å²) in [7, 11) is -23.8. The number of likely N-dealkylation sites (tertiary alicyclic amines) is 2. The van der Waals surface area contributed by atoms with Crippen LogP contribution in [0.5, 0.6) is 0 Å². The topological polar surface area (TPSA) is 1280 Å². The molecule has 6 aliphatic heterocycles. The average Bonchev–Trinajstić information content (AvgIpc) is 1.72. The van der Waals surface area contributed by atoms with Gasteiger partial charge in [0.15, 0.2) is 10.5 Å². The van der Waals surface area contributed by atoms with Crippen LogP contribution in [0.25, 0.3) is 0 Å². The van der Waals surface area contributed by atoms with Crippen molar-refractivity contribution in [1.82, 2.24) is 9.80 Å². The van der Waals surface area contributed by atoms with Crippen LogP contribution < -0.4 is 24.8 Å².